The second-order valence-corrected chi connectivity index (χ2v) is 22.6. The molecule has 0 aliphatic rings. The lowest BCUT2D eigenvalue weighted by Crippen LogP contribution is -3.00. The molecule has 0 atom stereocenters. The normalized spacial score (nSPS) is 9.64. The van der Waals surface area contributed by atoms with Crippen molar-refractivity contribution >= 4 is 66.4 Å². The third-order valence-corrected chi connectivity index (χ3v) is 20.1. The van der Waals surface area contributed by atoms with Crippen LogP contribution in [0, 0.1) is 0 Å². The molecule has 0 rings (SSSR count). The fraction of sp³-hybridized carbons (Fsp3) is 0.889. The van der Waals surface area contributed by atoms with Crippen molar-refractivity contribution in [3.05, 3.63) is 0 Å². The number of hydrogen-bond donors (Lipinski definition) is 0. The van der Waals surface area contributed by atoms with E-state index < -0.39 is 7.54 Å². The standard InChI is InChI=1S/2C16H36O2P2.4CH2O.BF3.FH/c2*1-5-11-19(12-6-2)15-16-20(13-9-17-7-3)14-10-18-8-4;4*1-2;2-1(3)4;/h2*5-16H2,1-4H3;4*1H2;;1H/p+2. The largest absolute Gasteiger partial charge is 1.00 e. The molecule has 0 heterocycles. The molecule has 0 amide bonds. The van der Waals surface area contributed by atoms with Crippen molar-refractivity contribution in [1.82, 2.24) is 0 Å². The van der Waals surface area contributed by atoms with E-state index in [0.717, 1.165) is 52.9 Å². The van der Waals surface area contributed by atoms with Crippen molar-refractivity contribution in [1.29, 1.82) is 0 Å². The first-order chi connectivity index (χ1) is 25.3. The van der Waals surface area contributed by atoms with Gasteiger partial charge in [0.25, 0.3) is 0 Å². The molecular weight excluding hydrogens is 771 g/mol. The van der Waals surface area contributed by atoms with Crippen LogP contribution in [-0.4, -0.2) is 161 Å². The van der Waals surface area contributed by atoms with E-state index in [1.807, 2.05) is 27.2 Å². The van der Waals surface area contributed by atoms with Gasteiger partial charge in [0.15, 0.2) is 0 Å². The zero-order valence-electron chi connectivity index (χ0n) is 35.1. The van der Waals surface area contributed by atoms with Gasteiger partial charge in [0.2, 0.25) is 0 Å². The van der Waals surface area contributed by atoms with Gasteiger partial charge in [-0.1, -0.05) is 35.6 Å². The zero-order valence-corrected chi connectivity index (χ0v) is 39.0. The monoisotopic (exact) mass is 855 g/mol. The maximum Gasteiger partial charge on any atom is 0.762 e. The Morgan fingerprint density at radius 3 is 0.925 bits per heavy atom. The lowest BCUT2D eigenvalue weighted by atomic mass is 10.5. The maximum absolute atomic E-state index is 9.67. The zero-order chi connectivity index (χ0) is 41.7. The molecule has 0 aliphatic heterocycles. The molecule has 0 radical (unpaired) electrons. The van der Waals surface area contributed by atoms with E-state index in [4.69, 9.17) is 38.1 Å². The molecule has 0 unspecified atom stereocenters. The third-order valence-electron chi connectivity index (χ3n) is 7.15. The van der Waals surface area contributed by atoms with Gasteiger partial charge in [0.1, 0.15) is 27.2 Å². The van der Waals surface area contributed by atoms with E-state index in [9.17, 15) is 12.9 Å². The Balaban J connectivity index is -0.0000000968. The van der Waals surface area contributed by atoms with Gasteiger partial charge in [0, 0.05) is 56.4 Å². The summed E-state index contributed by atoms with van der Waals surface area (Å²) >= 11 is 0. The van der Waals surface area contributed by atoms with Crippen molar-refractivity contribution < 1.29 is 55.8 Å². The van der Waals surface area contributed by atoms with Crippen LogP contribution in [0.3, 0.4) is 0 Å². The van der Waals surface area contributed by atoms with Crippen LogP contribution in [0.15, 0.2) is 0 Å². The second-order valence-electron chi connectivity index (χ2n) is 10.9. The molecule has 0 bridgehead atoms. The number of rotatable bonds is 30. The van der Waals surface area contributed by atoms with E-state index in [1.54, 1.807) is 6.16 Å². The first kappa shape index (κ1) is 70.8. The first-order valence-corrected chi connectivity index (χ1v) is 27.2. The quantitative estimate of drug-likeness (QED) is 0.0374. The molecule has 53 heavy (non-hydrogen) atoms. The van der Waals surface area contributed by atoms with Crippen LogP contribution >= 0.6 is 31.7 Å². The van der Waals surface area contributed by atoms with E-state index in [0.29, 0.717) is 0 Å². The highest BCUT2D eigenvalue weighted by atomic mass is 31.1. The summed E-state index contributed by atoms with van der Waals surface area (Å²) in [5, 5.41) is 0. The van der Waals surface area contributed by atoms with Gasteiger partial charge in [-0.25, -0.2) is 0 Å². The maximum atomic E-state index is 9.67. The van der Waals surface area contributed by atoms with E-state index in [1.165, 1.54) is 93.5 Å². The molecular formula is C36H83BF4O8P4+2. The van der Waals surface area contributed by atoms with Crippen LogP contribution in [0.2, 0.25) is 0 Å². The summed E-state index contributed by atoms with van der Waals surface area (Å²) in [5.41, 5.74) is 0. The first-order valence-electron chi connectivity index (χ1n) is 18.9. The second kappa shape index (κ2) is 73.2. The van der Waals surface area contributed by atoms with Gasteiger partial charge in [0.05, 0.1) is 81.9 Å². The smallest absolute Gasteiger partial charge is 0.762 e. The van der Waals surface area contributed by atoms with Crippen molar-refractivity contribution in [2.24, 2.45) is 0 Å². The van der Waals surface area contributed by atoms with Crippen molar-refractivity contribution in [2.75, 3.05) is 127 Å². The summed E-state index contributed by atoms with van der Waals surface area (Å²) in [6.07, 6.45) is 22.8. The Morgan fingerprint density at radius 1 is 0.415 bits per heavy atom. The predicted octanol–water partition coefficient (Wildman–Crippen LogP) is 6.03. The molecule has 8 nitrogen and oxygen atoms in total. The summed E-state index contributed by atoms with van der Waals surface area (Å²) in [5.74, 6) is 0. The summed E-state index contributed by atoms with van der Waals surface area (Å²) < 4.78 is 51.2. The van der Waals surface area contributed by atoms with Crippen molar-refractivity contribution in [3.63, 3.8) is 0 Å². The number of halogens is 4. The average molecular weight is 855 g/mol. The van der Waals surface area contributed by atoms with Crippen LogP contribution in [0.4, 0.5) is 12.9 Å². The molecule has 0 aliphatic carbocycles. The van der Waals surface area contributed by atoms with E-state index >= 15 is 0 Å². The van der Waals surface area contributed by atoms with Gasteiger partial charge in [-0.3, -0.25) is 12.9 Å². The number of carbonyl (C=O) groups excluding carboxylic acids is 4. The van der Waals surface area contributed by atoms with Gasteiger partial charge < -0.3 is 42.8 Å². The number of ether oxygens (including phenoxy) is 4. The van der Waals surface area contributed by atoms with E-state index in [-0.39, 0.29) is 36.4 Å². The SMILES string of the molecule is C=O.C=O.C=O.C=O.CCC[PH+](CCC)CCP(CCOCC)CCOCC.CCC[PH+](CCC)CC[PH+](CCOCC)CCOCC.FB(F)F.[F-]. The van der Waals surface area contributed by atoms with Gasteiger partial charge in [-0.15, -0.1) is 0 Å². The summed E-state index contributed by atoms with van der Waals surface area (Å²) in [4.78, 5) is 32.0. The molecule has 0 spiro atoms. The fourth-order valence-electron chi connectivity index (χ4n) is 4.94. The molecule has 324 valence electrons. The molecule has 0 N–H and O–H groups in total. The lowest BCUT2D eigenvalue weighted by Gasteiger charge is -2.18. The topological polar surface area (TPSA) is 105 Å². The molecule has 17 heteroatoms. The minimum atomic E-state index is -3.67. The number of carbonyl (C=O) groups is 4. The minimum Gasteiger partial charge on any atom is -1.00 e. The van der Waals surface area contributed by atoms with Gasteiger partial charge >= 0.3 is 7.54 Å². The van der Waals surface area contributed by atoms with E-state index in [2.05, 4.69) is 55.4 Å². The van der Waals surface area contributed by atoms with Crippen molar-refractivity contribution in [2.45, 2.75) is 81.1 Å². The molecule has 0 fully saturated rings. The Morgan fingerprint density at radius 2 is 0.660 bits per heavy atom. The summed E-state index contributed by atoms with van der Waals surface area (Å²) in [7, 11) is -3.90. The van der Waals surface area contributed by atoms with Crippen LogP contribution in [0.1, 0.15) is 81.1 Å². The Bertz CT molecular complexity index is 515. The Labute approximate surface area is 329 Å². The molecule has 0 aromatic heterocycles. The highest BCUT2D eigenvalue weighted by Gasteiger charge is 2.22. The van der Waals surface area contributed by atoms with Crippen LogP contribution in [0.25, 0.3) is 0 Å². The molecule has 0 saturated carbocycles. The van der Waals surface area contributed by atoms with Crippen LogP contribution in [-0.2, 0) is 38.1 Å². The third kappa shape index (κ3) is 73.7. The highest BCUT2D eigenvalue weighted by molar-refractivity contribution is 7.62. The predicted molar refractivity (Wildman–Crippen MR) is 235 cm³/mol. The highest BCUT2D eigenvalue weighted by Crippen LogP contribution is 2.44. The summed E-state index contributed by atoms with van der Waals surface area (Å²) in [6, 6.07) is 0. The minimum absolute atomic E-state index is 0. The van der Waals surface area contributed by atoms with Crippen LogP contribution < -0.4 is 4.70 Å². The fourth-order valence-corrected chi connectivity index (χ4v) is 17.7. The summed E-state index contributed by atoms with van der Waals surface area (Å²) in [6.45, 7) is 33.0. The average Bonchev–Trinajstić information content (AvgIpc) is 3.16. The molecule has 0 aromatic rings. The van der Waals surface area contributed by atoms with Crippen molar-refractivity contribution in [3.8, 4) is 0 Å². The Hall–Kier alpha value is 0.0249. The molecule has 0 saturated heterocycles. The van der Waals surface area contributed by atoms with Crippen LogP contribution in [0.5, 0.6) is 0 Å². The molecule has 0 aromatic carbocycles. The lowest BCUT2D eigenvalue weighted by molar-refractivity contribution is -0.0987. The van der Waals surface area contributed by atoms with Gasteiger partial charge in [-0.05, 0) is 65.7 Å². The Kier molecular flexibility index (Phi) is 97.7. The van der Waals surface area contributed by atoms with Gasteiger partial charge in [-0.2, -0.15) is 0 Å². The number of hydrogen-bond acceptors (Lipinski definition) is 8.